The zero-order valence-corrected chi connectivity index (χ0v) is 21.5. The maximum atomic E-state index is 10.7. The number of carboxylic acids is 2. The second-order valence-electron chi connectivity index (χ2n) is 6.94. The van der Waals surface area contributed by atoms with Crippen molar-refractivity contribution >= 4 is 24.1 Å². The molecule has 2 N–H and O–H groups in total. The van der Waals surface area contributed by atoms with Gasteiger partial charge in [0.25, 0.3) is 0 Å². The molecule has 37 heavy (non-hydrogen) atoms. The summed E-state index contributed by atoms with van der Waals surface area (Å²) in [6, 6.07) is 21.7. The van der Waals surface area contributed by atoms with Crippen LogP contribution in [-0.4, -0.2) is 22.2 Å². The molecule has 0 atom stereocenters. The fourth-order valence-corrected chi connectivity index (χ4v) is 2.01. The van der Waals surface area contributed by atoms with Crippen LogP contribution in [0.15, 0.2) is 134 Å². The molecule has 0 aliphatic rings. The van der Waals surface area contributed by atoms with Crippen LogP contribution >= 0.6 is 0 Å². The number of hydrogen-bond acceptors (Lipinski definition) is 3. The fraction of sp³-hybridized carbons (Fsp3) is 0.0938. The average Bonchev–Trinajstić information content (AvgIpc) is 2.91. The quantitative estimate of drug-likeness (QED) is 0.219. The SMILES string of the molecule is C=C(C)C(=O)O.C=CC=C.CCC(=CC=Cc1ccccc1)C(=O)O.N#CC=CC=Cc1ccccc1. The number of carboxylic acid groups (broad SMARTS) is 2. The molecule has 0 saturated carbocycles. The fourth-order valence-electron chi connectivity index (χ4n) is 2.01. The monoisotopic (exact) mass is 497 g/mol. The zero-order chi connectivity index (χ0) is 28.3. The normalized spacial score (nSPS) is 10.0. The maximum Gasteiger partial charge on any atom is 0.331 e. The van der Waals surface area contributed by atoms with Gasteiger partial charge in [-0.2, -0.15) is 5.26 Å². The zero-order valence-electron chi connectivity index (χ0n) is 21.5. The van der Waals surface area contributed by atoms with Crippen molar-refractivity contribution in [3.8, 4) is 6.07 Å². The van der Waals surface area contributed by atoms with Gasteiger partial charge in [-0.05, 0) is 24.5 Å². The molecule has 0 amide bonds. The van der Waals surface area contributed by atoms with Gasteiger partial charge in [-0.15, -0.1) is 0 Å². The predicted octanol–water partition coefficient (Wildman–Crippen LogP) is 7.91. The molecule has 0 aromatic heterocycles. The van der Waals surface area contributed by atoms with Gasteiger partial charge in [0.15, 0.2) is 0 Å². The molecule has 0 saturated heterocycles. The Hall–Kier alpha value is -4.95. The molecule has 0 bridgehead atoms. The minimum absolute atomic E-state index is 0.176. The van der Waals surface area contributed by atoms with Crippen LogP contribution in [0.25, 0.3) is 12.2 Å². The van der Waals surface area contributed by atoms with Crippen molar-refractivity contribution in [2.45, 2.75) is 20.3 Å². The van der Waals surface area contributed by atoms with Crippen LogP contribution < -0.4 is 0 Å². The first-order valence-corrected chi connectivity index (χ1v) is 11.3. The smallest absolute Gasteiger partial charge is 0.331 e. The molecule has 0 aliphatic carbocycles. The Morgan fingerprint density at radius 1 is 0.838 bits per heavy atom. The lowest BCUT2D eigenvalue weighted by Gasteiger charge is -1.94. The highest BCUT2D eigenvalue weighted by molar-refractivity contribution is 5.87. The van der Waals surface area contributed by atoms with Crippen LogP contribution in [0.3, 0.4) is 0 Å². The number of aliphatic carboxylic acids is 2. The second kappa shape index (κ2) is 24.2. The van der Waals surface area contributed by atoms with Crippen LogP contribution in [0.4, 0.5) is 0 Å². The highest BCUT2D eigenvalue weighted by atomic mass is 16.4. The average molecular weight is 498 g/mol. The number of benzene rings is 2. The third kappa shape index (κ3) is 22.6. The van der Waals surface area contributed by atoms with Crippen molar-refractivity contribution in [3.05, 3.63) is 145 Å². The van der Waals surface area contributed by atoms with E-state index in [2.05, 4.69) is 19.7 Å². The minimum atomic E-state index is -0.935. The van der Waals surface area contributed by atoms with Gasteiger partial charge in [-0.3, -0.25) is 0 Å². The van der Waals surface area contributed by atoms with Crippen LogP contribution in [0.2, 0.25) is 0 Å². The summed E-state index contributed by atoms with van der Waals surface area (Å²) < 4.78 is 0. The lowest BCUT2D eigenvalue weighted by molar-refractivity contribution is -0.133. The largest absolute Gasteiger partial charge is 0.478 e. The van der Waals surface area contributed by atoms with Gasteiger partial charge >= 0.3 is 11.9 Å². The summed E-state index contributed by atoms with van der Waals surface area (Å²) >= 11 is 0. The van der Waals surface area contributed by atoms with E-state index in [-0.39, 0.29) is 5.57 Å². The van der Waals surface area contributed by atoms with Gasteiger partial charge in [-0.1, -0.05) is 136 Å². The van der Waals surface area contributed by atoms with Crippen LogP contribution in [0.1, 0.15) is 31.4 Å². The summed E-state index contributed by atoms with van der Waals surface area (Å²) in [5, 5.41) is 24.9. The van der Waals surface area contributed by atoms with Crippen LogP contribution in [0.5, 0.6) is 0 Å². The molecular formula is C32H35NO4. The van der Waals surface area contributed by atoms with Crippen LogP contribution in [0, 0.1) is 11.3 Å². The van der Waals surface area contributed by atoms with E-state index in [0.29, 0.717) is 12.0 Å². The number of hydrogen-bond donors (Lipinski definition) is 2. The molecule has 0 aliphatic heterocycles. The van der Waals surface area contributed by atoms with E-state index in [1.165, 1.54) is 13.0 Å². The number of nitriles is 1. The van der Waals surface area contributed by atoms with Gasteiger partial charge in [0.2, 0.25) is 0 Å². The highest BCUT2D eigenvalue weighted by Crippen LogP contribution is 2.04. The predicted molar refractivity (Wildman–Crippen MR) is 155 cm³/mol. The molecule has 2 aromatic carbocycles. The number of rotatable bonds is 8. The molecule has 2 rings (SSSR count). The maximum absolute atomic E-state index is 10.7. The van der Waals surface area contributed by atoms with E-state index < -0.39 is 11.9 Å². The Bertz CT molecular complexity index is 1100. The Morgan fingerprint density at radius 3 is 1.59 bits per heavy atom. The molecule has 0 radical (unpaired) electrons. The van der Waals surface area contributed by atoms with Crippen molar-refractivity contribution in [2.24, 2.45) is 0 Å². The van der Waals surface area contributed by atoms with E-state index in [9.17, 15) is 9.59 Å². The standard InChI is InChI=1S/C13H14O2.C11H9N.C4H6O2.C4H6/c1-2-12(13(14)15)10-6-9-11-7-4-3-5-8-11;12-10-6-2-5-9-11-7-3-1-4-8-11;1-3(2)4(5)6;1-3-4-2/h3-10H,2H2,1H3,(H,14,15);1-9H;1H2,2H3,(H,5,6);3-4H,1-2H2. The third-order valence-electron chi connectivity index (χ3n) is 3.94. The molecule has 0 heterocycles. The Labute approximate surface area is 220 Å². The first-order valence-electron chi connectivity index (χ1n) is 11.3. The first-order chi connectivity index (χ1) is 17.7. The van der Waals surface area contributed by atoms with E-state index >= 15 is 0 Å². The number of nitrogens with zero attached hydrogens (tertiary/aromatic N) is 1. The number of allylic oxidation sites excluding steroid dienone is 7. The Morgan fingerprint density at radius 2 is 1.27 bits per heavy atom. The summed E-state index contributed by atoms with van der Waals surface area (Å²) in [6.07, 6.45) is 16.1. The van der Waals surface area contributed by atoms with E-state index in [1.54, 1.807) is 30.4 Å². The summed E-state index contributed by atoms with van der Waals surface area (Å²) in [5.41, 5.74) is 2.80. The van der Waals surface area contributed by atoms with Crippen molar-refractivity contribution in [1.82, 2.24) is 0 Å². The first kappa shape index (κ1) is 34.2. The Kier molecular flexibility index (Phi) is 22.4. The van der Waals surface area contributed by atoms with Gasteiger partial charge in [0.05, 0.1) is 6.07 Å². The van der Waals surface area contributed by atoms with Crippen molar-refractivity contribution in [2.75, 3.05) is 0 Å². The molecule has 192 valence electrons. The van der Waals surface area contributed by atoms with E-state index in [1.807, 2.05) is 91.9 Å². The molecular weight excluding hydrogens is 462 g/mol. The summed E-state index contributed by atoms with van der Waals surface area (Å²) in [6.45, 7) is 13.2. The van der Waals surface area contributed by atoms with Crippen LogP contribution in [-0.2, 0) is 9.59 Å². The molecule has 0 unspecified atom stereocenters. The molecule has 2 aromatic rings. The summed E-state index contributed by atoms with van der Waals surface area (Å²) in [7, 11) is 0. The highest BCUT2D eigenvalue weighted by Gasteiger charge is 2.00. The van der Waals surface area contributed by atoms with E-state index in [0.717, 1.165) is 11.1 Å². The minimum Gasteiger partial charge on any atom is -0.478 e. The Balaban J connectivity index is 0. The lowest BCUT2D eigenvalue weighted by Crippen LogP contribution is -1.97. The molecule has 5 heteroatoms. The van der Waals surface area contributed by atoms with Crippen molar-refractivity contribution in [1.29, 1.82) is 5.26 Å². The van der Waals surface area contributed by atoms with Gasteiger partial charge in [0.1, 0.15) is 0 Å². The van der Waals surface area contributed by atoms with Gasteiger partial charge < -0.3 is 10.2 Å². The van der Waals surface area contributed by atoms with Crippen molar-refractivity contribution < 1.29 is 19.8 Å². The second-order valence-corrected chi connectivity index (χ2v) is 6.94. The summed E-state index contributed by atoms with van der Waals surface area (Å²) in [5.74, 6) is -1.79. The third-order valence-corrected chi connectivity index (χ3v) is 3.94. The summed E-state index contributed by atoms with van der Waals surface area (Å²) in [4.78, 5) is 20.3. The van der Waals surface area contributed by atoms with Crippen molar-refractivity contribution in [3.63, 3.8) is 0 Å². The van der Waals surface area contributed by atoms with Gasteiger partial charge in [-0.25, -0.2) is 9.59 Å². The van der Waals surface area contributed by atoms with Gasteiger partial charge in [0, 0.05) is 17.2 Å². The van der Waals surface area contributed by atoms with E-state index in [4.69, 9.17) is 15.5 Å². The number of carbonyl (C=O) groups is 2. The topological polar surface area (TPSA) is 98.4 Å². The molecule has 0 fully saturated rings. The molecule has 0 spiro atoms. The molecule has 5 nitrogen and oxygen atoms in total. The lowest BCUT2D eigenvalue weighted by atomic mass is 10.1.